The van der Waals surface area contributed by atoms with E-state index in [4.69, 9.17) is 9.51 Å². The van der Waals surface area contributed by atoms with E-state index in [1.165, 1.54) is 0 Å². The number of aryl methyl sites for hydroxylation is 1. The Balaban J connectivity index is 1.26. The Labute approximate surface area is 163 Å². The summed E-state index contributed by atoms with van der Waals surface area (Å²) in [4.78, 5) is 13.9. The fourth-order valence-corrected chi connectivity index (χ4v) is 4.50. The molecule has 2 saturated heterocycles. The Morgan fingerprint density at radius 2 is 2.18 bits per heavy atom. The zero-order valence-corrected chi connectivity index (χ0v) is 16.1. The molecule has 3 aromatic heterocycles. The summed E-state index contributed by atoms with van der Waals surface area (Å²) in [6.07, 6.45) is 7.19. The molecule has 2 aliphatic rings. The van der Waals surface area contributed by atoms with Crippen molar-refractivity contribution in [1.29, 1.82) is 0 Å². The maximum Gasteiger partial charge on any atom is 0.229 e. The summed E-state index contributed by atoms with van der Waals surface area (Å²) in [5.41, 5.74) is 1.13. The van der Waals surface area contributed by atoms with Gasteiger partial charge < -0.3 is 14.7 Å². The van der Waals surface area contributed by atoms with E-state index in [-0.39, 0.29) is 5.41 Å². The molecule has 28 heavy (non-hydrogen) atoms. The van der Waals surface area contributed by atoms with Crippen LogP contribution in [0, 0.1) is 11.3 Å². The largest absolute Gasteiger partial charge is 0.360 e. The van der Waals surface area contributed by atoms with E-state index in [1.54, 1.807) is 17.1 Å². The number of nitrogens with one attached hydrogen (secondary N) is 1. The SMILES string of the molecule is Cn1cc(Nc2nccc(N3CC4CN(Cc5ccno5)CC4(C)C3)n2)cn1. The molecule has 5 rings (SSSR count). The third kappa shape index (κ3) is 3.22. The molecule has 3 aromatic rings. The molecule has 0 aromatic carbocycles. The van der Waals surface area contributed by atoms with Gasteiger partial charge >= 0.3 is 0 Å². The fraction of sp³-hybridized carbons (Fsp3) is 0.474. The average molecular weight is 380 g/mol. The van der Waals surface area contributed by atoms with Gasteiger partial charge in [0.1, 0.15) is 5.82 Å². The summed E-state index contributed by atoms with van der Waals surface area (Å²) >= 11 is 0. The molecule has 0 bridgehead atoms. The molecule has 0 saturated carbocycles. The number of likely N-dealkylation sites (tertiary alicyclic amines) is 1. The van der Waals surface area contributed by atoms with E-state index in [0.717, 1.165) is 50.0 Å². The minimum Gasteiger partial charge on any atom is -0.360 e. The predicted molar refractivity (Wildman–Crippen MR) is 104 cm³/mol. The fourth-order valence-electron chi connectivity index (χ4n) is 4.50. The highest BCUT2D eigenvalue weighted by Gasteiger charge is 2.49. The molecule has 0 spiro atoms. The van der Waals surface area contributed by atoms with Gasteiger partial charge in [0.05, 0.1) is 24.6 Å². The molecular formula is C19H24N8O. The highest BCUT2D eigenvalue weighted by molar-refractivity contribution is 5.53. The first-order valence-corrected chi connectivity index (χ1v) is 9.53. The van der Waals surface area contributed by atoms with Crippen molar-refractivity contribution in [2.45, 2.75) is 13.5 Å². The zero-order chi connectivity index (χ0) is 19.1. The lowest BCUT2D eigenvalue weighted by molar-refractivity contribution is 0.244. The van der Waals surface area contributed by atoms with Crippen LogP contribution in [0.2, 0.25) is 0 Å². The van der Waals surface area contributed by atoms with Gasteiger partial charge in [0.15, 0.2) is 5.76 Å². The second kappa shape index (κ2) is 6.59. The van der Waals surface area contributed by atoms with Crippen LogP contribution in [-0.4, -0.2) is 56.0 Å². The average Bonchev–Trinajstić information content (AvgIpc) is 3.41. The van der Waals surface area contributed by atoms with Crippen LogP contribution in [0.3, 0.4) is 0 Å². The number of hydrogen-bond acceptors (Lipinski definition) is 8. The standard InChI is InChI=1S/C19H24N8O/c1-19-12-26(11-16-3-6-22-28-16)8-14(19)9-27(13-19)17-4-5-20-18(24-17)23-15-7-21-25(2)10-15/h3-7,10,14H,8-9,11-13H2,1-2H3,(H,20,23,24). The second-order valence-electron chi connectivity index (χ2n) is 8.15. The quantitative estimate of drug-likeness (QED) is 0.718. The first kappa shape index (κ1) is 17.2. The van der Waals surface area contributed by atoms with Gasteiger partial charge in [-0.3, -0.25) is 9.58 Å². The molecule has 9 nitrogen and oxygen atoms in total. The van der Waals surface area contributed by atoms with Crippen molar-refractivity contribution in [3.05, 3.63) is 42.7 Å². The molecule has 2 atom stereocenters. The molecular weight excluding hydrogens is 356 g/mol. The third-order valence-corrected chi connectivity index (χ3v) is 5.84. The van der Waals surface area contributed by atoms with Gasteiger partial charge in [-0.1, -0.05) is 12.1 Å². The van der Waals surface area contributed by atoms with E-state index < -0.39 is 0 Å². The van der Waals surface area contributed by atoms with Gasteiger partial charge in [0, 0.05) is 57.1 Å². The van der Waals surface area contributed by atoms with E-state index in [1.807, 2.05) is 31.6 Å². The van der Waals surface area contributed by atoms with Gasteiger partial charge in [-0.25, -0.2) is 4.98 Å². The Bertz CT molecular complexity index is 955. The topological polar surface area (TPSA) is 88.1 Å². The molecule has 0 radical (unpaired) electrons. The molecule has 9 heteroatoms. The monoisotopic (exact) mass is 380 g/mol. The number of nitrogens with zero attached hydrogens (tertiary/aromatic N) is 7. The van der Waals surface area contributed by atoms with Crippen molar-refractivity contribution < 1.29 is 4.52 Å². The smallest absolute Gasteiger partial charge is 0.229 e. The predicted octanol–water partition coefficient (Wildman–Crippen LogP) is 1.90. The normalized spacial score (nSPS) is 24.6. The van der Waals surface area contributed by atoms with E-state index >= 15 is 0 Å². The number of aromatic nitrogens is 5. The highest BCUT2D eigenvalue weighted by atomic mass is 16.5. The summed E-state index contributed by atoms with van der Waals surface area (Å²) < 4.78 is 7.02. The van der Waals surface area contributed by atoms with Crippen LogP contribution in [0.5, 0.6) is 0 Å². The Kier molecular flexibility index (Phi) is 4.04. The Hall–Kier alpha value is -2.94. The second-order valence-corrected chi connectivity index (χ2v) is 8.15. The minimum absolute atomic E-state index is 0.252. The van der Waals surface area contributed by atoms with Crippen LogP contribution in [0.1, 0.15) is 12.7 Å². The zero-order valence-electron chi connectivity index (χ0n) is 16.1. The number of rotatable bonds is 5. The maximum atomic E-state index is 5.27. The number of hydrogen-bond donors (Lipinski definition) is 1. The van der Waals surface area contributed by atoms with Crippen molar-refractivity contribution >= 4 is 17.5 Å². The molecule has 2 fully saturated rings. The first-order valence-electron chi connectivity index (χ1n) is 9.53. The Morgan fingerprint density at radius 3 is 2.93 bits per heavy atom. The van der Waals surface area contributed by atoms with Crippen molar-refractivity contribution in [3.8, 4) is 0 Å². The van der Waals surface area contributed by atoms with Gasteiger partial charge in [-0.05, 0) is 12.0 Å². The van der Waals surface area contributed by atoms with Gasteiger partial charge in [0.25, 0.3) is 0 Å². The van der Waals surface area contributed by atoms with Crippen LogP contribution in [-0.2, 0) is 13.6 Å². The molecule has 146 valence electrons. The summed E-state index contributed by atoms with van der Waals surface area (Å²) in [5.74, 6) is 3.11. The molecule has 0 aliphatic carbocycles. The molecule has 1 N–H and O–H groups in total. The van der Waals surface area contributed by atoms with E-state index in [9.17, 15) is 0 Å². The lowest BCUT2D eigenvalue weighted by atomic mass is 9.83. The van der Waals surface area contributed by atoms with Crippen molar-refractivity contribution in [3.63, 3.8) is 0 Å². The van der Waals surface area contributed by atoms with Crippen LogP contribution in [0.15, 0.2) is 41.4 Å². The van der Waals surface area contributed by atoms with Crippen molar-refractivity contribution in [2.24, 2.45) is 18.4 Å². The van der Waals surface area contributed by atoms with Gasteiger partial charge in [0.2, 0.25) is 5.95 Å². The van der Waals surface area contributed by atoms with E-state index in [2.05, 4.69) is 37.3 Å². The van der Waals surface area contributed by atoms with Crippen LogP contribution in [0.4, 0.5) is 17.5 Å². The summed E-state index contributed by atoms with van der Waals surface area (Å²) in [6.45, 7) is 7.34. The lowest BCUT2D eigenvalue weighted by Crippen LogP contribution is -2.32. The summed E-state index contributed by atoms with van der Waals surface area (Å²) in [6, 6.07) is 3.94. The van der Waals surface area contributed by atoms with Crippen LogP contribution in [0.25, 0.3) is 0 Å². The van der Waals surface area contributed by atoms with E-state index in [0.29, 0.717) is 11.9 Å². The lowest BCUT2D eigenvalue weighted by Gasteiger charge is -2.25. The Morgan fingerprint density at radius 1 is 1.25 bits per heavy atom. The van der Waals surface area contributed by atoms with Crippen molar-refractivity contribution in [2.75, 3.05) is 36.4 Å². The first-order chi connectivity index (χ1) is 13.6. The summed E-state index contributed by atoms with van der Waals surface area (Å²) in [5, 5.41) is 11.2. The van der Waals surface area contributed by atoms with Crippen LogP contribution >= 0.6 is 0 Å². The highest BCUT2D eigenvalue weighted by Crippen LogP contribution is 2.43. The van der Waals surface area contributed by atoms with Gasteiger partial charge in [-0.15, -0.1) is 0 Å². The number of fused-ring (bicyclic) bond motifs is 1. The molecule has 2 aliphatic heterocycles. The van der Waals surface area contributed by atoms with Gasteiger partial charge in [-0.2, -0.15) is 10.1 Å². The minimum atomic E-state index is 0.252. The maximum absolute atomic E-state index is 5.27. The molecule has 0 amide bonds. The molecule has 5 heterocycles. The third-order valence-electron chi connectivity index (χ3n) is 5.84. The number of anilines is 3. The van der Waals surface area contributed by atoms with Crippen LogP contribution < -0.4 is 10.2 Å². The molecule has 2 unspecified atom stereocenters. The summed E-state index contributed by atoms with van der Waals surface area (Å²) in [7, 11) is 1.89. The van der Waals surface area contributed by atoms with Crippen molar-refractivity contribution in [1.82, 2.24) is 29.8 Å².